The van der Waals surface area contributed by atoms with Gasteiger partial charge < -0.3 is 14.2 Å². The van der Waals surface area contributed by atoms with Crippen LogP contribution in [0.4, 0.5) is 0 Å². The van der Waals surface area contributed by atoms with Crippen molar-refractivity contribution in [1.29, 1.82) is 0 Å². The Labute approximate surface area is 214 Å². The van der Waals surface area contributed by atoms with E-state index in [1.54, 1.807) is 6.92 Å². The molecule has 7 heteroatoms. The summed E-state index contributed by atoms with van der Waals surface area (Å²) in [5.74, 6) is -2.65. The fraction of sp³-hybridized carbons (Fsp3) is 0.448. The van der Waals surface area contributed by atoms with Crippen LogP contribution in [-0.4, -0.2) is 24.2 Å². The molecule has 1 aromatic carbocycles. The Morgan fingerprint density at radius 1 is 0.667 bits per heavy atom. The van der Waals surface area contributed by atoms with E-state index in [1.165, 1.54) is 18.1 Å². The zero-order chi connectivity index (χ0) is 27.4. The molecule has 0 N–H and O–H groups in total. The predicted molar refractivity (Wildman–Crippen MR) is 140 cm³/mol. The molecule has 7 nitrogen and oxygen atoms in total. The number of hydrogen-bond donors (Lipinski definition) is 0. The van der Waals surface area contributed by atoms with Gasteiger partial charge in [-0.15, -0.1) is 0 Å². The highest BCUT2D eigenvalue weighted by molar-refractivity contribution is 5.90. The number of carbonyl (C=O) groups excluding carboxylic acids is 4. The summed E-state index contributed by atoms with van der Waals surface area (Å²) in [6.07, 6.45) is 11.1. The van der Waals surface area contributed by atoms with Gasteiger partial charge in [-0.05, 0) is 72.3 Å². The molecule has 0 fully saturated rings. The van der Waals surface area contributed by atoms with Gasteiger partial charge in [-0.3, -0.25) is 19.2 Å². The van der Waals surface area contributed by atoms with Crippen molar-refractivity contribution in [3.63, 3.8) is 0 Å². The second-order valence-electron chi connectivity index (χ2n) is 9.07. The van der Waals surface area contributed by atoms with Gasteiger partial charge in [-0.25, -0.2) is 0 Å². The number of ether oxygens (including phenoxy) is 3. The Bertz CT molecular complexity index is 1080. The first-order valence-electron chi connectivity index (χ1n) is 12.0. The lowest BCUT2D eigenvalue weighted by atomic mass is 9.96. The molecule has 1 aromatic rings. The zero-order valence-electron chi connectivity index (χ0n) is 22.7. The number of allylic oxidation sites excluding steroid dienone is 6. The minimum Gasteiger partial charge on any atom is -0.422 e. The molecule has 36 heavy (non-hydrogen) atoms. The summed E-state index contributed by atoms with van der Waals surface area (Å²) >= 11 is 0. The van der Waals surface area contributed by atoms with Crippen molar-refractivity contribution in [3.8, 4) is 17.2 Å². The highest BCUT2D eigenvalue weighted by atomic mass is 16.6. The smallest absolute Gasteiger partial charge is 0.308 e. The van der Waals surface area contributed by atoms with Crippen LogP contribution in [-0.2, 0) is 20.8 Å². The molecule has 0 radical (unpaired) electrons. The van der Waals surface area contributed by atoms with Crippen LogP contribution in [0.25, 0.3) is 0 Å². The van der Waals surface area contributed by atoms with Crippen LogP contribution in [0.3, 0.4) is 0 Å². The first kappa shape index (κ1) is 30.6. The van der Waals surface area contributed by atoms with Gasteiger partial charge in [0.2, 0.25) is 5.75 Å². The summed E-state index contributed by atoms with van der Waals surface area (Å²) in [7, 11) is 0. The quantitative estimate of drug-likeness (QED) is 0.140. The lowest BCUT2D eigenvalue weighted by molar-refractivity contribution is -0.135. The van der Waals surface area contributed by atoms with Crippen LogP contribution in [0.5, 0.6) is 17.2 Å². The SMILES string of the molecule is CC(=O)Oc1c(C=O)c(C)c(C/C=C(\C)CC/C=C(\C)CCC=C(C)C)c(OC(C)=O)c1OC(C)=O. The van der Waals surface area contributed by atoms with Gasteiger partial charge in [0.05, 0.1) is 5.56 Å². The molecule has 0 unspecified atom stereocenters. The highest BCUT2D eigenvalue weighted by Crippen LogP contribution is 2.46. The maximum absolute atomic E-state index is 11.9. The Morgan fingerprint density at radius 2 is 1.14 bits per heavy atom. The van der Waals surface area contributed by atoms with Crippen molar-refractivity contribution in [2.75, 3.05) is 0 Å². The van der Waals surface area contributed by atoms with Crippen molar-refractivity contribution in [2.24, 2.45) is 0 Å². The lowest BCUT2D eigenvalue weighted by Gasteiger charge is -2.20. The average molecular weight is 499 g/mol. The van der Waals surface area contributed by atoms with Crippen LogP contribution in [0.2, 0.25) is 0 Å². The molecule has 0 amide bonds. The number of benzene rings is 1. The van der Waals surface area contributed by atoms with E-state index in [2.05, 4.69) is 32.9 Å². The molecule has 0 atom stereocenters. The third-order valence-corrected chi connectivity index (χ3v) is 5.42. The second-order valence-corrected chi connectivity index (χ2v) is 9.07. The summed E-state index contributed by atoms with van der Waals surface area (Å²) < 4.78 is 15.9. The van der Waals surface area contributed by atoms with Crippen molar-refractivity contribution in [1.82, 2.24) is 0 Å². The second kappa shape index (κ2) is 14.8. The summed E-state index contributed by atoms with van der Waals surface area (Å²) in [5, 5.41) is 0. The Morgan fingerprint density at radius 3 is 1.64 bits per heavy atom. The molecule has 0 spiro atoms. The number of carbonyl (C=O) groups is 4. The van der Waals surface area contributed by atoms with E-state index in [9.17, 15) is 19.2 Å². The van der Waals surface area contributed by atoms with Crippen molar-refractivity contribution in [3.05, 3.63) is 51.6 Å². The number of aldehydes is 1. The molecule has 0 aliphatic carbocycles. The van der Waals surface area contributed by atoms with E-state index in [0.29, 0.717) is 23.8 Å². The van der Waals surface area contributed by atoms with Crippen LogP contribution in [0.1, 0.15) is 95.6 Å². The van der Waals surface area contributed by atoms with E-state index in [1.807, 2.05) is 13.0 Å². The van der Waals surface area contributed by atoms with Crippen molar-refractivity contribution < 1.29 is 33.4 Å². The van der Waals surface area contributed by atoms with Crippen LogP contribution in [0.15, 0.2) is 34.9 Å². The first-order chi connectivity index (χ1) is 16.9. The summed E-state index contributed by atoms with van der Waals surface area (Å²) in [5.41, 5.74) is 4.78. The van der Waals surface area contributed by atoms with Gasteiger partial charge in [0.25, 0.3) is 0 Å². The number of rotatable bonds is 12. The monoisotopic (exact) mass is 498 g/mol. The topological polar surface area (TPSA) is 96.0 Å². The Balaban J connectivity index is 3.34. The summed E-state index contributed by atoms with van der Waals surface area (Å²) in [6.45, 7) is 13.5. The van der Waals surface area contributed by atoms with Gasteiger partial charge in [-0.1, -0.05) is 34.9 Å². The first-order valence-corrected chi connectivity index (χ1v) is 12.0. The van der Waals surface area contributed by atoms with Crippen molar-refractivity contribution >= 4 is 24.2 Å². The fourth-order valence-corrected chi connectivity index (χ4v) is 3.60. The van der Waals surface area contributed by atoms with Crippen LogP contribution in [0, 0.1) is 6.92 Å². The third kappa shape index (κ3) is 10.0. The lowest BCUT2D eigenvalue weighted by Crippen LogP contribution is -2.15. The molecule has 0 aliphatic rings. The molecule has 0 saturated carbocycles. The van der Waals surface area contributed by atoms with E-state index < -0.39 is 17.9 Å². The fourth-order valence-electron chi connectivity index (χ4n) is 3.60. The standard InChI is InChI=1S/C29H38O7/c1-18(2)11-9-12-19(3)13-10-14-20(4)15-16-25-21(5)26(17-30)28(35-23(7)32)29(36-24(8)33)27(25)34-22(6)31/h11,13,15,17H,9-10,12,14,16H2,1-8H3/b19-13+,20-15+. The van der Waals surface area contributed by atoms with Gasteiger partial charge in [-0.2, -0.15) is 0 Å². The molecule has 0 saturated heterocycles. The van der Waals surface area contributed by atoms with Gasteiger partial charge >= 0.3 is 17.9 Å². The van der Waals surface area contributed by atoms with E-state index in [-0.39, 0.29) is 22.8 Å². The van der Waals surface area contributed by atoms with Crippen LogP contribution >= 0.6 is 0 Å². The average Bonchev–Trinajstić information content (AvgIpc) is 2.75. The predicted octanol–water partition coefficient (Wildman–Crippen LogP) is 6.55. The Kier molecular flexibility index (Phi) is 12.6. The van der Waals surface area contributed by atoms with Gasteiger partial charge in [0.15, 0.2) is 17.8 Å². The maximum atomic E-state index is 11.9. The minimum atomic E-state index is -0.720. The largest absolute Gasteiger partial charge is 0.422 e. The van der Waals surface area contributed by atoms with Crippen LogP contribution < -0.4 is 14.2 Å². The third-order valence-electron chi connectivity index (χ3n) is 5.42. The number of esters is 3. The Hall–Kier alpha value is -3.48. The molecular weight excluding hydrogens is 460 g/mol. The molecule has 0 aliphatic heterocycles. The molecule has 0 aromatic heterocycles. The van der Waals surface area contributed by atoms with E-state index in [0.717, 1.165) is 45.1 Å². The minimum absolute atomic E-state index is 0.0453. The van der Waals surface area contributed by atoms with Gasteiger partial charge in [0.1, 0.15) is 0 Å². The van der Waals surface area contributed by atoms with Gasteiger partial charge in [0, 0.05) is 26.3 Å². The molecular formula is C29H38O7. The van der Waals surface area contributed by atoms with E-state index >= 15 is 0 Å². The normalized spacial score (nSPS) is 11.6. The highest BCUT2D eigenvalue weighted by Gasteiger charge is 2.28. The molecule has 0 heterocycles. The maximum Gasteiger partial charge on any atom is 0.308 e. The summed E-state index contributed by atoms with van der Waals surface area (Å²) in [4.78, 5) is 47.3. The summed E-state index contributed by atoms with van der Waals surface area (Å²) in [6, 6.07) is 0. The molecule has 1 rings (SSSR count). The van der Waals surface area contributed by atoms with E-state index in [4.69, 9.17) is 14.2 Å². The number of hydrogen-bond acceptors (Lipinski definition) is 7. The molecule has 0 bridgehead atoms. The zero-order valence-corrected chi connectivity index (χ0v) is 22.7. The molecule has 196 valence electrons. The van der Waals surface area contributed by atoms with Crippen molar-refractivity contribution in [2.45, 2.75) is 87.5 Å².